The fraction of sp³-hybridized carbons (Fsp3) is 0.353. The monoisotopic (exact) mass is 301 g/mol. The number of aryl methyl sites for hydroxylation is 2. The van der Waals surface area contributed by atoms with Gasteiger partial charge in [-0.05, 0) is 36.1 Å². The minimum absolute atomic E-state index is 0.0939. The number of carbonyl (C=O) groups is 1. The first-order chi connectivity index (χ1) is 10.1. The van der Waals surface area contributed by atoms with Crippen LogP contribution < -0.4 is 5.32 Å². The number of carbonyl (C=O) groups excluding carboxylic acids is 1. The van der Waals surface area contributed by atoms with Crippen LogP contribution in [0, 0.1) is 6.92 Å². The van der Waals surface area contributed by atoms with E-state index in [2.05, 4.69) is 12.2 Å². The Morgan fingerprint density at radius 1 is 1.43 bits per heavy atom. The van der Waals surface area contributed by atoms with Gasteiger partial charge in [0.2, 0.25) is 0 Å². The minimum atomic E-state index is -0.543. The Morgan fingerprint density at radius 2 is 2.19 bits per heavy atom. The Hall–Kier alpha value is -1.65. The number of aliphatic hydroxyl groups is 1. The maximum Gasteiger partial charge on any atom is 0.261 e. The fourth-order valence-electron chi connectivity index (χ4n) is 2.94. The summed E-state index contributed by atoms with van der Waals surface area (Å²) in [6.07, 6.45) is 0.994. The highest BCUT2D eigenvalue weighted by atomic mass is 32.1. The zero-order chi connectivity index (χ0) is 15.0. The first kappa shape index (κ1) is 14.3. The van der Waals surface area contributed by atoms with Crippen molar-refractivity contribution in [2.75, 3.05) is 0 Å². The van der Waals surface area contributed by atoms with Crippen molar-refractivity contribution in [3.05, 3.63) is 56.8 Å². The van der Waals surface area contributed by atoms with Crippen LogP contribution in [0.5, 0.6) is 0 Å². The molecule has 0 saturated heterocycles. The van der Waals surface area contributed by atoms with E-state index in [1.54, 1.807) is 0 Å². The minimum Gasteiger partial charge on any atom is -0.390 e. The number of aliphatic hydroxyl groups excluding tert-OH is 1. The second-order valence-corrected chi connectivity index (χ2v) is 6.72. The van der Waals surface area contributed by atoms with E-state index in [4.69, 9.17) is 0 Å². The number of amides is 1. The summed E-state index contributed by atoms with van der Waals surface area (Å²) in [6.45, 7) is 4.13. The summed E-state index contributed by atoms with van der Waals surface area (Å²) in [6, 6.07) is 9.55. The molecule has 4 heteroatoms. The topological polar surface area (TPSA) is 49.3 Å². The Morgan fingerprint density at radius 3 is 2.90 bits per heavy atom. The third-order valence-corrected chi connectivity index (χ3v) is 5.21. The predicted octanol–water partition coefficient (Wildman–Crippen LogP) is 3.01. The quantitative estimate of drug-likeness (QED) is 0.915. The molecular formula is C17H19NO2S. The average molecular weight is 301 g/mol. The summed E-state index contributed by atoms with van der Waals surface area (Å²) in [5.74, 6) is -0.0939. The molecule has 0 saturated carbocycles. The van der Waals surface area contributed by atoms with E-state index >= 15 is 0 Å². The number of benzene rings is 1. The van der Waals surface area contributed by atoms with Crippen LogP contribution in [0.25, 0.3) is 0 Å². The molecule has 2 atom stereocenters. The Kier molecular flexibility index (Phi) is 3.83. The van der Waals surface area contributed by atoms with E-state index in [0.717, 1.165) is 22.4 Å². The molecule has 0 bridgehead atoms. The molecule has 0 radical (unpaired) electrons. The van der Waals surface area contributed by atoms with Crippen LogP contribution in [-0.2, 0) is 12.8 Å². The van der Waals surface area contributed by atoms with E-state index in [9.17, 15) is 9.90 Å². The number of rotatable bonds is 3. The standard InChI is InChI=1S/C17H19NO2S/c1-3-11-9-15(21-10(11)2)17(20)18-16-13-7-5-4-6-12(13)8-14(16)19/h4-7,9,14,16,19H,3,8H2,1-2H3,(H,18,20)/t14-,16+/m1/s1. The van der Waals surface area contributed by atoms with E-state index in [1.807, 2.05) is 37.3 Å². The van der Waals surface area contributed by atoms with Crippen LogP contribution in [0.1, 0.15) is 44.2 Å². The molecule has 0 spiro atoms. The van der Waals surface area contributed by atoms with Crippen molar-refractivity contribution in [3.8, 4) is 0 Å². The lowest BCUT2D eigenvalue weighted by Gasteiger charge is -2.17. The molecule has 1 aliphatic rings. The van der Waals surface area contributed by atoms with Gasteiger partial charge in [-0.15, -0.1) is 11.3 Å². The third kappa shape index (κ3) is 2.61. The van der Waals surface area contributed by atoms with Crippen molar-refractivity contribution in [1.29, 1.82) is 0 Å². The van der Waals surface area contributed by atoms with Crippen molar-refractivity contribution in [3.63, 3.8) is 0 Å². The molecule has 2 N–H and O–H groups in total. The van der Waals surface area contributed by atoms with Gasteiger partial charge >= 0.3 is 0 Å². The molecule has 2 aromatic rings. The van der Waals surface area contributed by atoms with Gasteiger partial charge < -0.3 is 10.4 Å². The summed E-state index contributed by atoms with van der Waals surface area (Å²) in [5, 5.41) is 13.2. The fourth-order valence-corrected chi connectivity index (χ4v) is 3.96. The summed E-state index contributed by atoms with van der Waals surface area (Å²) >= 11 is 1.52. The van der Waals surface area contributed by atoms with Gasteiger partial charge in [0.15, 0.2) is 0 Å². The van der Waals surface area contributed by atoms with Crippen molar-refractivity contribution in [2.24, 2.45) is 0 Å². The van der Waals surface area contributed by atoms with E-state index in [-0.39, 0.29) is 11.9 Å². The highest BCUT2D eigenvalue weighted by Gasteiger charge is 2.32. The van der Waals surface area contributed by atoms with Gasteiger partial charge in [0, 0.05) is 11.3 Å². The molecule has 1 amide bonds. The average Bonchev–Trinajstić information content (AvgIpc) is 3.00. The summed E-state index contributed by atoms with van der Waals surface area (Å²) in [4.78, 5) is 14.3. The first-order valence-electron chi connectivity index (χ1n) is 7.26. The predicted molar refractivity (Wildman–Crippen MR) is 84.8 cm³/mol. The van der Waals surface area contributed by atoms with Crippen molar-refractivity contribution in [1.82, 2.24) is 5.32 Å². The van der Waals surface area contributed by atoms with Crippen molar-refractivity contribution < 1.29 is 9.90 Å². The van der Waals surface area contributed by atoms with Gasteiger partial charge in [-0.25, -0.2) is 0 Å². The van der Waals surface area contributed by atoms with Crippen molar-refractivity contribution in [2.45, 2.75) is 38.8 Å². The van der Waals surface area contributed by atoms with Crippen LogP contribution in [-0.4, -0.2) is 17.1 Å². The van der Waals surface area contributed by atoms with Crippen LogP contribution in [0.3, 0.4) is 0 Å². The van der Waals surface area contributed by atoms with Gasteiger partial charge in [-0.1, -0.05) is 31.2 Å². The smallest absolute Gasteiger partial charge is 0.261 e. The lowest BCUT2D eigenvalue weighted by Crippen LogP contribution is -2.33. The molecule has 1 aromatic carbocycles. The molecule has 21 heavy (non-hydrogen) atoms. The Labute approximate surface area is 128 Å². The first-order valence-corrected chi connectivity index (χ1v) is 8.07. The van der Waals surface area contributed by atoms with Gasteiger partial charge in [0.05, 0.1) is 17.0 Å². The lowest BCUT2D eigenvalue weighted by molar-refractivity contribution is 0.0862. The van der Waals surface area contributed by atoms with Gasteiger partial charge in [0.1, 0.15) is 0 Å². The van der Waals surface area contributed by atoms with Gasteiger partial charge in [0.25, 0.3) is 5.91 Å². The summed E-state index contributed by atoms with van der Waals surface area (Å²) < 4.78 is 0. The molecule has 3 nitrogen and oxygen atoms in total. The largest absolute Gasteiger partial charge is 0.390 e. The van der Waals surface area contributed by atoms with E-state index < -0.39 is 6.10 Å². The van der Waals surface area contributed by atoms with Crippen molar-refractivity contribution >= 4 is 17.2 Å². The molecule has 0 fully saturated rings. The summed E-state index contributed by atoms with van der Waals surface area (Å²) in [7, 11) is 0. The van der Waals surface area contributed by atoms with E-state index in [1.165, 1.54) is 21.8 Å². The third-order valence-electron chi connectivity index (χ3n) is 4.12. The normalized spacial score (nSPS) is 20.3. The zero-order valence-electron chi connectivity index (χ0n) is 12.2. The zero-order valence-corrected chi connectivity index (χ0v) is 13.0. The maximum atomic E-state index is 12.4. The molecular weight excluding hydrogens is 282 g/mol. The number of nitrogens with one attached hydrogen (secondary N) is 1. The molecule has 1 heterocycles. The van der Waals surface area contributed by atoms with Crippen LogP contribution in [0.2, 0.25) is 0 Å². The second-order valence-electron chi connectivity index (χ2n) is 5.47. The highest BCUT2D eigenvalue weighted by molar-refractivity contribution is 7.14. The second kappa shape index (κ2) is 5.62. The van der Waals surface area contributed by atoms with Gasteiger partial charge in [-0.2, -0.15) is 0 Å². The molecule has 110 valence electrons. The highest BCUT2D eigenvalue weighted by Crippen LogP contribution is 2.32. The number of thiophene rings is 1. The van der Waals surface area contributed by atoms with Gasteiger partial charge in [-0.3, -0.25) is 4.79 Å². The van der Waals surface area contributed by atoms with Crippen LogP contribution in [0.4, 0.5) is 0 Å². The van der Waals surface area contributed by atoms with Crippen LogP contribution >= 0.6 is 11.3 Å². The lowest BCUT2D eigenvalue weighted by atomic mass is 10.1. The molecule has 1 aromatic heterocycles. The number of hydrogen-bond donors (Lipinski definition) is 2. The molecule has 0 unspecified atom stereocenters. The molecule has 3 rings (SSSR count). The SMILES string of the molecule is CCc1cc(C(=O)N[C@H]2c3ccccc3C[C@H]2O)sc1C. The maximum absolute atomic E-state index is 12.4. The number of hydrogen-bond acceptors (Lipinski definition) is 3. The molecule has 1 aliphatic carbocycles. The van der Waals surface area contributed by atoms with Crippen LogP contribution in [0.15, 0.2) is 30.3 Å². The summed E-state index contributed by atoms with van der Waals surface area (Å²) in [5.41, 5.74) is 3.37. The molecule has 0 aliphatic heterocycles. The van der Waals surface area contributed by atoms with E-state index in [0.29, 0.717) is 6.42 Å². The number of fused-ring (bicyclic) bond motifs is 1. The Balaban J connectivity index is 1.81. The Bertz CT molecular complexity index is 677.